The largest absolute Gasteiger partial charge is 0.339 e. The van der Waals surface area contributed by atoms with Gasteiger partial charge in [-0.15, -0.1) is 12.4 Å². The lowest BCUT2D eigenvalue weighted by atomic mass is 10.0. The molecule has 1 unspecified atom stereocenters. The van der Waals surface area contributed by atoms with Crippen molar-refractivity contribution in [2.75, 3.05) is 19.6 Å². The minimum Gasteiger partial charge on any atom is -0.339 e. The Labute approximate surface area is 132 Å². The molecular formula is C15H25ClN4O. The SMILES string of the molecule is CCc1nccn1C1CCCN(C(=O)[C@@H]2CCCN2)C1.Cl. The van der Waals surface area contributed by atoms with E-state index in [9.17, 15) is 4.79 Å². The van der Waals surface area contributed by atoms with Gasteiger partial charge in [0.2, 0.25) is 5.91 Å². The van der Waals surface area contributed by atoms with E-state index in [2.05, 4.69) is 32.9 Å². The molecule has 2 atom stereocenters. The van der Waals surface area contributed by atoms with Crippen LogP contribution in [0.5, 0.6) is 0 Å². The van der Waals surface area contributed by atoms with Gasteiger partial charge in [-0.1, -0.05) is 6.92 Å². The second-order valence-corrected chi connectivity index (χ2v) is 5.83. The van der Waals surface area contributed by atoms with Gasteiger partial charge >= 0.3 is 0 Å². The fourth-order valence-electron chi connectivity index (χ4n) is 3.45. The summed E-state index contributed by atoms with van der Waals surface area (Å²) in [6.45, 7) is 4.85. The lowest BCUT2D eigenvalue weighted by molar-refractivity contribution is -0.134. The molecule has 0 aromatic carbocycles. The van der Waals surface area contributed by atoms with Crippen molar-refractivity contribution in [2.24, 2.45) is 0 Å². The zero-order chi connectivity index (χ0) is 13.9. The Morgan fingerprint density at radius 1 is 1.43 bits per heavy atom. The van der Waals surface area contributed by atoms with Gasteiger partial charge in [0.15, 0.2) is 0 Å². The Bertz CT molecular complexity index is 470. The molecule has 3 rings (SSSR count). The van der Waals surface area contributed by atoms with Crippen LogP contribution >= 0.6 is 12.4 Å². The molecule has 5 nitrogen and oxygen atoms in total. The number of nitrogens with zero attached hydrogens (tertiary/aromatic N) is 3. The zero-order valence-corrected chi connectivity index (χ0v) is 13.4. The molecule has 6 heteroatoms. The van der Waals surface area contributed by atoms with E-state index in [1.165, 1.54) is 0 Å². The fourth-order valence-corrected chi connectivity index (χ4v) is 3.45. The molecule has 1 N–H and O–H groups in total. The average Bonchev–Trinajstić information content (AvgIpc) is 3.17. The summed E-state index contributed by atoms with van der Waals surface area (Å²) < 4.78 is 2.27. The number of carbonyl (C=O) groups is 1. The first kappa shape index (κ1) is 16.3. The number of hydrogen-bond donors (Lipinski definition) is 1. The summed E-state index contributed by atoms with van der Waals surface area (Å²) in [5, 5.41) is 3.32. The molecule has 0 radical (unpaired) electrons. The highest BCUT2D eigenvalue weighted by Gasteiger charge is 2.31. The lowest BCUT2D eigenvalue weighted by Gasteiger charge is -2.35. The number of aromatic nitrogens is 2. The molecular weight excluding hydrogens is 288 g/mol. The van der Waals surface area contributed by atoms with E-state index in [-0.39, 0.29) is 18.4 Å². The Morgan fingerprint density at radius 3 is 3.00 bits per heavy atom. The highest BCUT2D eigenvalue weighted by atomic mass is 35.5. The van der Waals surface area contributed by atoms with E-state index in [1.54, 1.807) is 0 Å². The number of carbonyl (C=O) groups excluding carboxylic acids is 1. The molecule has 2 aliphatic heterocycles. The standard InChI is InChI=1S/C15H24N4O.ClH/c1-2-14-17-8-10-19(14)12-5-4-9-18(11-12)15(20)13-6-3-7-16-13;/h8,10,12-13,16H,2-7,9,11H2,1H3;1H/t12?,13-;/m0./s1. The fraction of sp³-hybridized carbons (Fsp3) is 0.733. The van der Waals surface area contributed by atoms with Crippen molar-refractivity contribution in [2.45, 2.75) is 51.1 Å². The van der Waals surface area contributed by atoms with Crippen molar-refractivity contribution in [1.82, 2.24) is 19.8 Å². The maximum absolute atomic E-state index is 12.5. The number of likely N-dealkylation sites (tertiary alicyclic amines) is 1. The van der Waals surface area contributed by atoms with Gasteiger partial charge in [0.05, 0.1) is 12.1 Å². The van der Waals surface area contributed by atoms with Gasteiger partial charge in [-0.25, -0.2) is 4.98 Å². The number of hydrogen-bond acceptors (Lipinski definition) is 3. The van der Waals surface area contributed by atoms with Gasteiger partial charge in [0.1, 0.15) is 5.82 Å². The van der Waals surface area contributed by atoms with Crippen LogP contribution in [-0.4, -0.2) is 46.0 Å². The lowest BCUT2D eigenvalue weighted by Crippen LogP contribution is -2.48. The summed E-state index contributed by atoms with van der Waals surface area (Å²) in [5.41, 5.74) is 0. The Hall–Kier alpha value is -1.07. The summed E-state index contributed by atoms with van der Waals surface area (Å²) >= 11 is 0. The first-order valence-corrected chi connectivity index (χ1v) is 7.83. The average molecular weight is 313 g/mol. The van der Waals surface area contributed by atoms with Gasteiger partial charge in [-0.05, 0) is 32.2 Å². The second-order valence-electron chi connectivity index (χ2n) is 5.83. The molecule has 1 aromatic heterocycles. The van der Waals surface area contributed by atoms with Crippen molar-refractivity contribution in [3.8, 4) is 0 Å². The molecule has 1 amide bonds. The highest BCUT2D eigenvalue weighted by molar-refractivity contribution is 5.85. The second kappa shape index (κ2) is 7.27. The Kier molecular flexibility index (Phi) is 5.65. The Morgan fingerprint density at radius 2 is 2.29 bits per heavy atom. The minimum absolute atomic E-state index is 0. The number of halogens is 1. The van der Waals surface area contributed by atoms with E-state index >= 15 is 0 Å². The number of imidazole rings is 1. The van der Waals surface area contributed by atoms with E-state index in [0.29, 0.717) is 11.9 Å². The number of piperidine rings is 1. The predicted octanol–water partition coefficient (Wildman–Crippen LogP) is 1.78. The number of aryl methyl sites for hydroxylation is 1. The van der Waals surface area contributed by atoms with Crippen LogP contribution in [0.4, 0.5) is 0 Å². The van der Waals surface area contributed by atoms with Gasteiger partial charge < -0.3 is 14.8 Å². The smallest absolute Gasteiger partial charge is 0.239 e. The third-order valence-electron chi connectivity index (χ3n) is 4.53. The molecule has 2 aliphatic rings. The van der Waals surface area contributed by atoms with Crippen LogP contribution in [0.15, 0.2) is 12.4 Å². The van der Waals surface area contributed by atoms with Crippen molar-refractivity contribution >= 4 is 18.3 Å². The number of nitrogens with one attached hydrogen (secondary N) is 1. The first-order chi connectivity index (χ1) is 9.79. The molecule has 0 saturated carbocycles. The van der Waals surface area contributed by atoms with Crippen molar-refractivity contribution in [3.05, 3.63) is 18.2 Å². The van der Waals surface area contributed by atoms with Gasteiger partial charge in [-0.2, -0.15) is 0 Å². The van der Waals surface area contributed by atoms with Crippen LogP contribution in [-0.2, 0) is 11.2 Å². The van der Waals surface area contributed by atoms with Gasteiger partial charge in [-0.3, -0.25) is 4.79 Å². The van der Waals surface area contributed by atoms with Crippen molar-refractivity contribution in [1.29, 1.82) is 0 Å². The maximum atomic E-state index is 12.5. The molecule has 0 bridgehead atoms. The van der Waals surface area contributed by atoms with Crippen LogP contribution in [0.2, 0.25) is 0 Å². The number of amides is 1. The van der Waals surface area contributed by atoms with Crippen LogP contribution in [0.3, 0.4) is 0 Å². The van der Waals surface area contributed by atoms with Crippen LogP contribution in [0.1, 0.15) is 44.5 Å². The van der Waals surface area contributed by atoms with E-state index < -0.39 is 0 Å². The molecule has 0 aliphatic carbocycles. The molecule has 21 heavy (non-hydrogen) atoms. The van der Waals surface area contributed by atoms with E-state index in [0.717, 1.165) is 57.6 Å². The minimum atomic E-state index is 0. The van der Waals surface area contributed by atoms with E-state index in [1.807, 2.05) is 6.20 Å². The molecule has 1 aromatic rings. The summed E-state index contributed by atoms with van der Waals surface area (Å²) in [6.07, 6.45) is 9.22. The summed E-state index contributed by atoms with van der Waals surface area (Å²) in [7, 11) is 0. The summed E-state index contributed by atoms with van der Waals surface area (Å²) in [4.78, 5) is 19.0. The third kappa shape index (κ3) is 3.40. The zero-order valence-electron chi connectivity index (χ0n) is 12.6. The van der Waals surface area contributed by atoms with Crippen LogP contribution in [0, 0.1) is 0 Å². The molecule has 2 fully saturated rings. The first-order valence-electron chi connectivity index (χ1n) is 7.83. The van der Waals surface area contributed by atoms with Gasteiger partial charge in [0, 0.05) is 31.9 Å². The molecule has 0 spiro atoms. The van der Waals surface area contributed by atoms with Crippen molar-refractivity contribution in [3.63, 3.8) is 0 Å². The molecule has 2 saturated heterocycles. The normalized spacial score (nSPS) is 25.7. The predicted molar refractivity (Wildman–Crippen MR) is 84.7 cm³/mol. The van der Waals surface area contributed by atoms with E-state index in [4.69, 9.17) is 0 Å². The van der Waals surface area contributed by atoms with Crippen LogP contribution < -0.4 is 5.32 Å². The Balaban J connectivity index is 0.00000161. The topological polar surface area (TPSA) is 50.2 Å². The van der Waals surface area contributed by atoms with Crippen molar-refractivity contribution < 1.29 is 4.79 Å². The monoisotopic (exact) mass is 312 g/mol. The molecule has 3 heterocycles. The van der Waals surface area contributed by atoms with Crippen LogP contribution in [0.25, 0.3) is 0 Å². The number of rotatable bonds is 3. The summed E-state index contributed by atoms with van der Waals surface area (Å²) in [6, 6.07) is 0.453. The quantitative estimate of drug-likeness (QED) is 0.925. The maximum Gasteiger partial charge on any atom is 0.239 e. The third-order valence-corrected chi connectivity index (χ3v) is 4.53. The van der Waals surface area contributed by atoms with Gasteiger partial charge in [0.25, 0.3) is 0 Å². The highest BCUT2D eigenvalue weighted by Crippen LogP contribution is 2.24. The summed E-state index contributed by atoms with van der Waals surface area (Å²) in [5.74, 6) is 1.42. The molecule has 118 valence electrons.